The highest BCUT2D eigenvalue weighted by atomic mass is 16.5. The average Bonchev–Trinajstić information content (AvgIpc) is 2.64. The predicted octanol–water partition coefficient (Wildman–Crippen LogP) is 3.48. The van der Waals surface area contributed by atoms with Crippen molar-refractivity contribution < 1.29 is 9.53 Å². The third-order valence-corrected chi connectivity index (χ3v) is 4.43. The van der Waals surface area contributed by atoms with E-state index >= 15 is 0 Å². The van der Waals surface area contributed by atoms with Crippen molar-refractivity contribution >= 4 is 22.8 Å². The second-order valence-corrected chi connectivity index (χ2v) is 6.47. The normalized spacial score (nSPS) is 11.1. The van der Waals surface area contributed by atoms with Gasteiger partial charge in [0.25, 0.3) is 5.56 Å². The highest BCUT2D eigenvalue weighted by Gasteiger charge is 2.06. The molecule has 3 aromatic rings. The lowest BCUT2D eigenvalue weighted by molar-refractivity contribution is -0.116. The number of aromatic amines is 1. The molecule has 0 aliphatic heterocycles. The minimum Gasteiger partial charge on any atom is -0.497 e. The molecular formula is C22H22N2O3. The van der Waals surface area contributed by atoms with Crippen molar-refractivity contribution in [1.82, 2.24) is 10.3 Å². The fraction of sp³-hybridized carbons (Fsp3) is 0.182. The number of H-pyrrole nitrogens is 1. The van der Waals surface area contributed by atoms with Gasteiger partial charge >= 0.3 is 0 Å². The van der Waals surface area contributed by atoms with Crippen LogP contribution in [0.2, 0.25) is 0 Å². The maximum Gasteiger partial charge on any atom is 0.253 e. The Morgan fingerprint density at radius 1 is 1.11 bits per heavy atom. The molecule has 2 aromatic carbocycles. The number of aryl methyl sites for hydroxylation is 2. The van der Waals surface area contributed by atoms with E-state index < -0.39 is 0 Å². The lowest BCUT2D eigenvalue weighted by Gasteiger charge is -2.06. The number of fused-ring (bicyclic) bond motifs is 1. The molecule has 5 nitrogen and oxygen atoms in total. The average molecular weight is 362 g/mol. The summed E-state index contributed by atoms with van der Waals surface area (Å²) < 4.78 is 5.23. The lowest BCUT2D eigenvalue weighted by Crippen LogP contribution is -2.26. The zero-order valence-electron chi connectivity index (χ0n) is 15.6. The number of amides is 1. The number of nitrogens with one attached hydrogen (secondary N) is 2. The Bertz CT molecular complexity index is 1080. The summed E-state index contributed by atoms with van der Waals surface area (Å²) >= 11 is 0. The Morgan fingerprint density at radius 2 is 1.85 bits per heavy atom. The molecule has 0 atom stereocenters. The van der Waals surface area contributed by atoms with Crippen molar-refractivity contribution in [2.75, 3.05) is 7.11 Å². The van der Waals surface area contributed by atoms with Crippen LogP contribution < -0.4 is 15.6 Å². The number of methoxy groups -OCH3 is 1. The summed E-state index contributed by atoms with van der Waals surface area (Å²) in [7, 11) is 1.64. The van der Waals surface area contributed by atoms with Crippen LogP contribution in [0.5, 0.6) is 5.75 Å². The van der Waals surface area contributed by atoms with Crippen LogP contribution in [0.15, 0.2) is 53.3 Å². The second kappa shape index (κ2) is 7.91. The van der Waals surface area contributed by atoms with Crippen molar-refractivity contribution in [2.45, 2.75) is 20.4 Å². The van der Waals surface area contributed by atoms with Gasteiger partial charge in [0.2, 0.25) is 5.91 Å². The molecule has 0 radical (unpaired) electrons. The quantitative estimate of drug-likeness (QED) is 0.683. The van der Waals surface area contributed by atoms with E-state index in [2.05, 4.69) is 10.3 Å². The minimum atomic E-state index is -0.246. The Hall–Kier alpha value is -3.34. The predicted molar refractivity (Wildman–Crippen MR) is 108 cm³/mol. The molecular weight excluding hydrogens is 340 g/mol. The second-order valence-electron chi connectivity index (χ2n) is 6.47. The summed E-state index contributed by atoms with van der Waals surface area (Å²) in [6.45, 7) is 3.89. The van der Waals surface area contributed by atoms with Gasteiger partial charge in [0.15, 0.2) is 0 Å². The van der Waals surface area contributed by atoms with Crippen molar-refractivity contribution in [2.24, 2.45) is 0 Å². The van der Waals surface area contributed by atoms with Gasteiger partial charge in [-0.05, 0) is 66.1 Å². The smallest absolute Gasteiger partial charge is 0.253 e. The molecule has 138 valence electrons. The number of hydrogen-bond donors (Lipinski definition) is 2. The van der Waals surface area contributed by atoms with Crippen LogP contribution in [0.25, 0.3) is 16.8 Å². The third-order valence-electron chi connectivity index (χ3n) is 4.43. The fourth-order valence-electron chi connectivity index (χ4n) is 2.98. The van der Waals surface area contributed by atoms with E-state index in [1.165, 1.54) is 6.08 Å². The summed E-state index contributed by atoms with van der Waals surface area (Å²) in [5.74, 6) is 0.566. The molecule has 5 heteroatoms. The highest BCUT2D eigenvalue weighted by molar-refractivity contribution is 5.93. The molecule has 0 saturated carbocycles. The van der Waals surface area contributed by atoms with Gasteiger partial charge < -0.3 is 15.0 Å². The Kier molecular flexibility index (Phi) is 5.41. The van der Waals surface area contributed by atoms with Crippen LogP contribution in [-0.2, 0) is 11.3 Å². The number of carbonyl (C=O) groups is 1. The number of benzene rings is 2. The maximum absolute atomic E-state index is 12.1. The van der Waals surface area contributed by atoms with E-state index in [1.54, 1.807) is 13.2 Å². The van der Waals surface area contributed by atoms with Crippen molar-refractivity contribution in [1.29, 1.82) is 0 Å². The monoisotopic (exact) mass is 362 g/mol. The van der Waals surface area contributed by atoms with E-state index in [4.69, 9.17) is 4.74 Å². The molecule has 0 bridgehead atoms. The van der Waals surface area contributed by atoms with Gasteiger partial charge in [-0.25, -0.2) is 0 Å². The fourth-order valence-corrected chi connectivity index (χ4v) is 2.98. The van der Waals surface area contributed by atoms with E-state index in [0.29, 0.717) is 5.56 Å². The largest absolute Gasteiger partial charge is 0.497 e. The van der Waals surface area contributed by atoms with Crippen molar-refractivity contribution in [3.63, 3.8) is 0 Å². The number of carbonyl (C=O) groups excluding carboxylic acids is 1. The van der Waals surface area contributed by atoms with Gasteiger partial charge in [0, 0.05) is 23.9 Å². The third kappa shape index (κ3) is 4.44. The van der Waals surface area contributed by atoms with Crippen LogP contribution in [0.4, 0.5) is 0 Å². The van der Waals surface area contributed by atoms with Gasteiger partial charge in [-0.15, -0.1) is 0 Å². The molecule has 0 aliphatic carbocycles. The Balaban J connectivity index is 1.68. The summed E-state index contributed by atoms with van der Waals surface area (Å²) in [5, 5.41) is 4.90. The molecule has 27 heavy (non-hydrogen) atoms. The van der Waals surface area contributed by atoms with Crippen LogP contribution in [0.1, 0.15) is 22.4 Å². The summed E-state index contributed by atoms with van der Waals surface area (Å²) in [6, 6.07) is 13.7. The van der Waals surface area contributed by atoms with E-state index in [1.807, 2.05) is 56.3 Å². The first-order valence-corrected chi connectivity index (χ1v) is 8.69. The summed E-state index contributed by atoms with van der Waals surface area (Å²) in [5.41, 5.74) is 3.00. The Labute approximate surface area is 157 Å². The summed E-state index contributed by atoms with van der Waals surface area (Å²) in [6.07, 6.45) is 3.23. The van der Waals surface area contributed by atoms with Crippen LogP contribution in [0, 0.1) is 13.8 Å². The molecule has 1 amide bonds. The highest BCUT2D eigenvalue weighted by Crippen LogP contribution is 2.22. The minimum absolute atomic E-state index is 0.165. The molecule has 2 N–H and O–H groups in total. The number of hydrogen-bond acceptors (Lipinski definition) is 3. The topological polar surface area (TPSA) is 71.2 Å². The first-order chi connectivity index (χ1) is 13.0. The zero-order chi connectivity index (χ0) is 19.4. The lowest BCUT2D eigenvalue weighted by atomic mass is 10.1. The molecule has 0 fully saturated rings. The number of rotatable bonds is 5. The van der Waals surface area contributed by atoms with Gasteiger partial charge in [0.1, 0.15) is 5.75 Å². The van der Waals surface area contributed by atoms with Crippen molar-refractivity contribution in [3.05, 3.63) is 81.3 Å². The maximum atomic E-state index is 12.1. The molecule has 0 saturated heterocycles. The van der Waals surface area contributed by atoms with Gasteiger partial charge in [-0.2, -0.15) is 0 Å². The van der Waals surface area contributed by atoms with Crippen molar-refractivity contribution in [3.8, 4) is 5.75 Å². The standard InChI is InChI=1S/C22H22N2O3/c1-14-10-15(2)24-22(26)20(14)13-23-21(25)9-5-16-4-6-18-12-19(27-3)8-7-17(18)11-16/h4-12H,13H2,1-3H3,(H,23,25)(H,24,26)/b9-5+. The van der Waals surface area contributed by atoms with Crippen LogP contribution in [0.3, 0.4) is 0 Å². The molecule has 1 heterocycles. The van der Waals surface area contributed by atoms with Gasteiger partial charge in [-0.3, -0.25) is 9.59 Å². The van der Waals surface area contributed by atoms with E-state index in [-0.39, 0.29) is 18.0 Å². The van der Waals surface area contributed by atoms with Crippen LogP contribution in [-0.4, -0.2) is 18.0 Å². The first-order valence-electron chi connectivity index (χ1n) is 8.69. The first kappa shape index (κ1) is 18.5. The zero-order valence-corrected chi connectivity index (χ0v) is 15.6. The molecule has 0 unspecified atom stereocenters. The molecule has 1 aromatic heterocycles. The molecule has 3 rings (SSSR count). The van der Waals surface area contributed by atoms with Gasteiger partial charge in [0.05, 0.1) is 7.11 Å². The van der Waals surface area contributed by atoms with E-state index in [0.717, 1.165) is 33.3 Å². The number of ether oxygens (including phenoxy) is 1. The van der Waals surface area contributed by atoms with E-state index in [9.17, 15) is 9.59 Å². The number of aromatic nitrogens is 1. The van der Waals surface area contributed by atoms with Crippen LogP contribution >= 0.6 is 0 Å². The Morgan fingerprint density at radius 3 is 2.59 bits per heavy atom. The SMILES string of the molecule is COc1ccc2cc(/C=C/C(=O)NCc3c(C)cc(C)[nH]c3=O)ccc2c1. The molecule has 0 aliphatic rings. The molecule has 0 spiro atoms. The summed E-state index contributed by atoms with van der Waals surface area (Å²) in [4.78, 5) is 26.8. The number of pyridine rings is 1. The van der Waals surface area contributed by atoms with Gasteiger partial charge in [-0.1, -0.05) is 18.2 Å².